The van der Waals surface area contributed by atoms with Crippen molar-refractivity contribution in [1.29, 1.82) is 0 Å². The lowest BCUT2D eigenvalue weighted by molar-refractivity contribution is -0.199. The first-order valence-electron chi connectivity index (χ1n) is 13.9. The first kappa shape index (κ1) is 32.6. The van der Waals surface area contributed by atoms with Crippen molar-refractivity contribution in [3.05, 3.63) is 0 Å². The lowest BCUT2D eigenvalue weighted by Gasteiger charge is -2.44. The number of halogens is 7. The van der Waals surface area contributed by atoms with Crippen LogP contribution in [0.1, 0.15) is 64.2 Å². The van der Waals surface area contributed by atoms with Gasteiger partial charge >= 0.3 is 12.4 Å². The Bertz CT molecular complexity index is 868. The number of hydrogen-bond acceptors (Lipinski definition) is 8. The average Bonchev–Trinajstić information content (AvgIpc) is 2.87. The van der Waals surface area contributed by atoms with Crippen LogP contribution in [0.5, 0.6) is 0 Å². The summed E-state index contributed by atoms with van der Waals surface area (Å²) in [6.45, 7) is -0.923. The van der Waals surface area contributed by atoms with Crippen LogP contribution in [-0.4, -0.2) is 82.5 Å². The molecule has 0 spiro atoms. The van der Waals surface area contributed by atoms with Gasteiger partial charge in [0.15, 0.2) is 6.35 Å². The van der Waals surface area contributed by atoms with Gasteiger partial charge in [0.25, 0.3) is 0 Å². The van der Waals surface area contributed by atoms with Gasteiger partial charge in [-0.05, 0) is 51.4 Å². The molecular weight excluding hydrogens is 590 g/mol. The van der Waals surface area contributed by atoms with Crippen LogP contribution < -0.4 is 26.6 Å². The van der Waals surface area contributed by atoms with E-state index in [2.05, 4.69) is 26.6 Å². The highest BCUT2D eigenvalue weighted by Crippen LogP contribution is 2.38. The number of nitrogens with zero attached hydrogens (tertiary/aromatic N) is 1. The monoisotopic (exact) mass is 628 g/mol. The molecule has 0 bridgehead atoms. The summed E-state index contributed by atoms with van der Waals surface area (Å²) in [6, 6.07) is -0.650. The summed E-state index contributed by atoms with van der Waals surface area (Å²) in [4.78, 5) is 0. The first-order valence-corrected chi connectivity index (χ1v) is 15.8. The third kappa shape index (κ3) is 9.35. The Kier molecular flexibility index (Phi) is 11.1. The Morgan fingerprint density at radius 2 is 1.50 bits per heavy atom. The molecule has 4 fully saturated rings. The topological polar surface area (TPSA) is 113 Å². The standard InChI is InChI=1S/C23H39ClF6N6O3S/c24-15-4-2-6-18(12-15)40(37,38)36-9-7-16(8-10-36)31-19-33-20(35-21(34-19)39-13-22(25,26)27)32-17-5-1-3-14(11-17)23(28,29)30/h14-21,31-35H,1-13H2. The molecule has 17 heteroatoms. The number of piperidine rings is 1. The van der Waals surface area contributed by atoms with Crippen LogP contribution in [0.2, 0.25) is 0 Å². The van der Waals surface area contributed by atoms with E-state index in [0.717, 1.165) is 12.8 Å². The van der Waals surface area contributed by atoms with Gasteiger partial charge in [0, 0.05) is 37.0 Å². The van der Waals surface area contributed by atoms with Crippen LogP contribution >= 0.6 is 11.6 Å². The van der Waals surface area contributed by atoms with Crippen LogP contribution in [0.4, 0.5) is 26.3 Å². The fraction of sp³-hybridized carbons (Fsp3) is 1.00. The van der Waals surface area contributed by atoms with E-state index in [0.29, 0.717) is 51.6 Å². The lowest BCUT2D eigenvalue weighted by atomic mass is 9.85. The second-order valence-electron chi connectivity index (χ2n) is 11.2. The highest BCUT2D eigenvalue weighted by Gasteiger charge is 2.44. The molecule has 8 atom stereocenters. The van der Waals surface area contributed by atoms with Crippen molar-refractivity contribution in [3.8, 4) is 0 Å². The lowest BCUT2D eigenvalue weighted by Crippen LogP contribution is -2.76. The van der Waals surface area contributed by atoms with E-state index >= 15 is 0 Å². The molecule has 2 heterocycles. The van der Waals surface area contributed by atoms with Crippen LogP contribution in [0.25, 0.3) is 0 Å². The molecule has 2 aliphatic heterocycles. The number of hydrogen-bond donors (Lipinski definition) is 5. The number of nitrogens with one attached hydrogen (secondary N) is 5. The zero-order chi connectivity index (χ0) is 29.1. The summed E-state index contributed by atoms with van der Waals surface area (Å²) < 4.78 is 111. The predicted octanol–water partition coefficient (Wildman–Crippen LogP) is 3.06. The molecule has 4 aliphatic rings. The molecule has 0 aromatic rings. The zero-order valence-electron chi connectivity index (χ0n) is 22.0. The van der Waals surface area contributed by atoms with Crippen molar-refractivity contribution in [1.82, 2.24) is 30.9 Å². The van der Waals surface area contributed by atoms with E-state index in [-0.39, 0.29) is 24.3 Å². The highest BCUT2D eigenvalue weighted by molar-refractivity contribution is 7.96. The Morgan fingerprint density at radius 1 is 0.875 bits per heavy atom. The molecular formula is C23H39ClF6N6O3S. The summed E-state index contributed by atoms with van der Waals surface area (Å²) >= 11 is 6.21. The smallest absolute Gasteiger partial charge is 0.411 e. The Morgan fingerprint density at radius 3 is 2.10 bits per heavy atom. The van der Waals surface area contributed by atoms with Gasteiger partial charge in [-0.3, -0.25) is 26.6 Å². The van der Waals surface area contributed by atoms with E-state index in [1.807, 2.05) is 0 Å². The molecule has 9 nitrogen and oxygen atoms in total. The first-order chi connectivity index (χ1) is 18.7. The largest absolute Gasteiger partial charge is 0.597 e. The van der Waals surface area contributed by atoms with Crippen molar-refractivity contribution in [2.24, 2.45) is 5.92 Å². The molecule has 40 heavy (non-hydrogen) atoms. The molecule has 2 saturated carbocycles. The molecule has 2 saturated heterocycles. The molecule has 8 unspecified atom stereocenters. The van der Waals surface area contributed by atoms with Gasteiger partial charge in [0.2, 0.25) is 0 Å². The van der Waals surface area contributed by atoms with Gasteiger partial charge < -0.3 is 9.29 Å². The summed E-state index contributed by atoms with van der Waals surface area (Å²) in [5.41, 5.74) is 0. The fourth-order valence-electron chi connectivity index (χ4n) is 6.04. The van der Waals surface area contributed by atoms with E-state index in [1.54, 1.807) is 0 Å². The number of ether oxygens (including phenoxy) is 1. The average molecular weight is 629 g/mol. The minimum absolute atomic E-state index is 0.0535. The van der Waals surface area contributed by atoms with Gasteiger partial charge in [-0.15, -0.1) is 15.9 Å². The number of alkyl halides is 7. The van der Waals surface area contributed by atoms with Crippen LogP contribution in [0.3, 0.4) is 0 Å². The second-order valence-corrected chi connectivity index (χ2v) is 14.0. The summed E-state index contributed by atoms with van der Waals surface area (Å²) in [5, 5.41) is 14.4. The van der Waals surface area contributed by atoms with Crippen molar-refractivity contribution in [2.45, 2.75) is 118 Å². The molecule has 4 rings (SSSR count). The molecule has 0 aromatic heterocycles. The van der Waals surface area contributed by atoms with Crippen LogP contribution in [0.15, 0.2) is 0 Å². The maximum absolute atomic E-state index is 13.3. The number of sulfonamides is 1. The van der Waals surface area contributed by atoms with Gasteiger partial charge in [0.1, 0.15) is 34.8 Å². The van der Waals surface area contributed by atoms with E-state index in [1.165, 1.54) is 4.31 Å². The fourth-order valence-corrected chi connectivity index (χ4v) is 8.59. The maximum atomic E-state index is 13.3. The molecule has 0 aromatic carbocycles. The van der Waals surface area contributed by atoms with Crippen LogP contribution in [-0.2, 0) is 19.3 Å². The van der Waals surface area contributed by atoms with Crippen LogP contribution in [0, 0.1) is 5.92 Å². The SMILES string of the molecule is O=[S+]([O-])(C1CCCC(Cl)C1)N1CCC(NC2NC(NC3CCCC(C(F)(F)F)C3)NC(OCC(F)(F)F)N2)CC1. The van der Waals surface area contributed by atoms with Crippen molar-refractivity contribution in [2.75, 3.05) is 19.7 Å². The second kappa shape index (κ2) is 13.6. The Balaban J connectivity index is 1.32. The normalized spacial score (nSPS) is 37.2. The summed E-state index contributed by atoms with van der Waals surface area (Å²) in [6.07, 6.45) is -7.31. The van der Waals surface area contributed by atoms with Crippen molar-refractivity contribution < 1.29 is 39.8 Å². The molecule has 234 valence electrons. The van der Waals surface area contributed by atoms with Crippen molar-refractivity contribution >= 4 is 22.0 Å². The summed E-state index contributed by atoms with van der Waals surface area (Å²) in [5.74, 6) is -1.43. The van der Waals surface area contributed by atoms with Gasteiger partial charge in [0.05, 0.1) is 5.92 Å². The minimum Gasteiger partial charge on any atom is -0.597 e. The molecule has 0 amide bonds. The third-order valence-corrected chi connectivity index (χ3v) is 10.9. The third-order valence-electron chi connectivity index (χ3n) is 8.12. The van der Waals surface area contributed by atoms with E-state index < -0.39 is 65.5 Å². The Labute approximate surface area is 236 Å². The highest BCUT2D eigenvalue weighted by atomic mass is 35.5. The quantitative estimate of drug-likeness (QED) is 0.158. The van der Waals surface area contributed by atoms with Gasteiger partial charge in [-0.1, -0.05) is 10.6 Å². The van der Waals surface area contributed by atoms with Crippen molar-refractivity contribution in [3.63, 3.8) is 0 Å². The number of rotatable bonds is 8. The molecule has 2 aliphatic carbocycles. The molecule has 0 radical (unpaired) electrons. The van der Waals surface area contributed by atoms with Gasteiger partial charge in [-0.2, -0.15) is 26.3 Å². The van der Waals surface area contributed by atoms with E-state index in [9.17, 15) is 35.1 Å². The minimum atomic E-state index is -4.57. The predicted molar refractivity (Wildman–Crippen MR) is 136 cm³/mol. The summed E-state index contributed by atoms with van der Waals surface area (Å²) in [7, 11) is -3.48. The maximum Gasteiger partial charge on any atom is 0.411 e. The van der Waals surface area contributed by atoms with Gasteiger partial charge in [-0.25, -0.2) is 0 Å². The Hall–Kier alpha value is -0.300. The zero-order valence-corrected chi connectivity index (χ0v) is 23.6. The van der Waals surface area contributed by atoms with E-state index in [4.69, 9.17) is 16.3 Å². The molecule has 5 N–H and O–H groups in total.